The smallest absolute Gasteiger partial charge is 0.270 e. The van der Waals surface area contributed by atoms with Crippen LogP contribution in [-0.2, 0) is 0 Å². The fourth-order valence-electron chi connectivity index (χ4n) is 2.96. The number of carbonyl (C=O) groups is 1. The monoisotopic (exact) mass is 277 g/mol. The summed E-state index contributed by atoms with van der Waals surface area (Å²) in [6.07, 6.45) is 1.68. The van der Waals surface area contributed by atoms with E-state index in [2.05, 4.69) is 9.88 Å². The SMILES string of the molecule is O=C(c1cccc(=O)[nH]1)N1CCC(N2CC(O)C2)CC1. The molecule has 20 heavy (non-hydrogen) atoms. The molecule has 1 amide bonds. The molecule has 108 valence electrons. The highest BCUT2D eigenvalue weighted by molar-refractivity contribution is 5.92. The van der Waals surface area contributed by atoms with E-state index in [1.54, 1.807) is 17.0 Å². The lowest BCUT2D eigenvalue weighted by Gasteiger charge is -2.45. The predicted octanol–water partition coefficient (Wildman–Crippen LogP) is -0.344. The van der Waals surface area contributed by atoms with Crippen LogP contribution in [0.4, 0.5) is 0 Å². The van der Waals surface area contributed by atoms with Crippen molar-refractivity contribution in [3.8, 4) is 0 Å². The maximum Gasteiger partial charge on any atom is 0.270 e. The number of aliphatic hydroxyl groups excluding tert-OH is 1. The molecule has 3 rings (SSSR count). The molecule has 0 radical (unpaired) electrons. The summed E-state index contributed by atoms with van der Waals surface area (Å²) in [4.78, 5) is 30.1. The number of hydrogen-bond acceptors (Lipinski definition) is 4. The van der Waals surface area contributed by atoms with E-state index in [4.69, 9.17) is 0 Å². The third kappa shape index (κ3) is 2.62. The summed E-state index contributed by atoms with van der Waals surface area (Å²) < 4.78 is 0. The number of carbonyl (C=O) groups excluding carboxylic acids is 1. The fraction of sp³-hybridized carbons (Fsp3) is 0.571. The molecule has 0 atom stereocenters. The lowest BCUT2D eigenvalue weighted by atomic mass is 9.98. The molecule has 0 saturated carbocycles. The zero-order chi connectivity index (χ0) is 14.1. The largest absolute Gasteiger partial charge is 0.390 e. The van der Waals surface area contributed by atoms with Gasteiger partial charge in [-0.2, -0.15) is 0 Å². The summed E-state index contributed by atoms with van der Waals surface area (Å²) in [5, 5.41) is 9.32. The second-order valence-corrected chi connectivity index (χ2v) is 5.56. The highest BCUT2D eigenvalue weighted by Gasteiger charge is 2.34. The normalized spacial score (nSPS) is 21.8. The maximum absolute atomic E-state index is 12.3. The van der Waals surface area contributed by atoms with Crippen molar-refractivity contribution in [2.45, 2.75) is 25.0 Å². The Balaban J connectivity index is 1.58. The summed E-state index contributed by atoms with van der Waals surface area (Å²) >= 11 is 0. The van der Waals surface area contributed by atoms with Crippen LogP contribution in [0.5, 0.6) is 0 Å². The van der Waals surface area contributed by atoms with Crippen molar-refractivity contribution in [1.82, 2.24) is 14.8 Å². The number of pyridine rings is 1. The zero-order valence-electron chi connectivity index (χ0n) is 11.3. The minimum absolute atomic E-state index is 0.107. The fourth-order valence-corrected chi connectivity index (χ4v) is 2.96. The van der Waals surface area contributed by atoms with Gasteiger partial charge in [-0.1, -0.05) is 6.07 Å². The molecule has 2 saturated heterocycles. The number of piperidine rings is 1. The molecule has 0 bridgehead atoms. The number of H-pyrrole nitrogens is 1. The first-order valence-electron chi connectivity index (χ1n) is 7.04. The first kappa shape index (κ1) is 13.3. The average Bonchev–Trinajstić information content (AvgIpc) is 2.43. The van der Waals surface area contributed by atoms with Gasteiger partial charge >= 0.3 is 0 Å². The number of hydrogen-bond donors (Lipinski definition) is 2. The summed E-state index contributed by atoms with van der Waals surface area (Å²) in [6, 6.07) is 5.11. The van der Waals surface area contributed by atoms with Gasteiger partial charge < -0.3 is 15.0 Å². The number of amides is 1. The van der Waals surface area contributed by atoms with Gasteiger partial charge in [0.25, 0.3) is 5.91 Å². The number of aromatic amines is 1. The van der Waals surface area contributed by atoms with Crippen molar-refractivity contribution in [3.63, 3.8) is 0 Å². The lowest BCUT2D eigenvalue weighted by molar-refractivity contribution is -0.0381. The minimum atomic E-state index is -0.250. The molecule has 0 unspecified atom stereocenters. The number of rotatable bonds is 2. The molecule has 1 aromatic heterocycles. The second-order valence-electron chi connectivity index (χ2n) is 5.56. The zero-order valence-corrected chi connectivity index (χ0v) is 11.3. The molecular formula is C14H19N3O3. The molecule has 3 heterocycles. The first-order chi connectivity index (χ1) is 9.63. The van der Waals surface area contributed by atoms with E-state index in [1.165, 1.54) is 6.07 Å². The van der Waals surface area contributed by atoms with Crippen molar-refractivity contribution in [3.05, 3.63) is 34.2 Å². The molecular weight excluding hydrogens is 258 g/mol. The lowest BCUT2D eigenvalue weighted by Crippen LogP contribution is -2.58. The third-order valence-electron chi connectivity index (χ3n) is 4.16. The van der Waals surface area contributed by atoms with Crippen LogP contribution < -0.4 is 5.56 Å². The Morgan fingerprint density at radius 3 is 2.55 bits per heavy atom. The first-order valence-corrected chi connectivity index (χ1v) is 7.04. The van der Waals surface area contributed by atoms with Gasteiger partial charge in [0.15, 0.2) is 0 Å². The van der Waals surface area contributed by atoms with Crippen LogP contribution in [0.15, 0.2) is 23.0 Å². The molecule has 6 nitrogen and oxygen atoms in total. The highest BCUT2D eigenvalue weighted by atomic mass is 16.3. The van der Waals surface area contributed by atoms with Gasteiger partial charge in [-0.3, -0.25) is 14.5 Å². The Labute approximate surface area is 117 Å². The average molecular weight is 277 g/mol. The Bertz CT molecular complexity index is 543. The molecule has 0 aromatic carbocycles. The number of nitrogens with one attached hydrogen (secondary N) is 1. The van der Waals surface area contributed by atoms with Gasteiger partial charge in [0.05, 0.1) is 6.10 Å². The van der Waals surface area contributed by atoms with E-state index in [-0.39, 0.29) is 17.6 Å². The highest BCUT2D eigenvalue weighted by Crippen LogP contribution is 2.22. The van der Waals surface area contributed by atoms with Crippen molar-refractivity contribution in [2.24, 2.45) is 0 Å². The van der Waals surface area contributed by atoms with Gasteiger partial charge in [0.2, 0.25) is 5.56 Å². The second kappa shape index (κ2) is 5.38. The van der Waals surface area contributed by atoms with E-state index in [0.717, 1.165) is 25.9 Å². The Morgan fingerprint density at radius 2 is 1.95 bits per heavy atom. The molecule has 2 aliphatic rings. The van der Waals surface area contributed by atoms with Gasteiger partial charge in [-0.15, -0.1) is 0 Å². The van der Waals surface area contributed by atoms with E-state index < -0.39 is 0 Å². The third-order valence-corrected chi connectivity index (χ3v) is 4.16. The Morgan fingerprint density at radius 1 is 1.25 bits per heavy atom. The van der Waals surface area contributed by atoms with Crippen molar-refractivity contribution < 1.29 is 9.90 Å². The molecule has 6 heteroatoms. The summed E-state index contributed by atoms with van der Waals surface area (Å²) in [5.41, 5.74) is 0.107. The van der Waals surface area contributed by atoms with Crippen molar-refractivity contribution in [1.29, 1.82) is 0 Å². The number of β-amino-alcohol motifs (C(OH)–C–C–N with tert-alkyl or cyclic N) is 1. The van der Waals surface area contributed by atoms with Gasteiger partial charge in [-0.25, -0.2) is 0 Å². The number of aliphatic hydroxyl groups is 1. The quantitative estimate of drug-likeness (QED) is 0.775. The summed E-state index contributed by atoms with van der Waals surface area (Å²) in [5.74, 6) is -0.107. The van der Waals surface area contributed by atoms with Gasteiger partial charge in [0, 0.05) is 38.3 Å². The molecule has 2 aliphatic heterocycles. The van der Waals surface area contributed by atoms with Crippen molar-refractivity contribution in [2.75, 3.05) is 26.2 Å². The minimum Gasteiger partial charge on any atom is -0.390 e. The molecule has 0 aliphatic carbocycles. The molecule has 0 spiro atoms. The van der Waals surface area contributed by atoms with Gasteiger partial charge in [0.1, 0.15) is 5.69 Å². The standard InChI is InChI=1S/C14H19N3O3/c18-11-8-17(9-11)10-4-6-16(7-5-10)14(20)12-2-1-3-13(19)15-12/h1-3,10-11,18H,4-9H2,(H,15,19). The van der Waals surface area contributed by atoms with Crippen LogP contribution in [0, 0.1) is 0 Å². The van der Waals surface area contributed by atoms with Crippen LogP contribution >= 0.6 is 0 Å². The van der Waals surface area contributed by atoms with E-state index in [0.29, 0.717) is 24.8 Å². The van der Waals surface area contributed by atoms with Gasteiger partial charge in [-0.05, 0) is 18.9 Å². The number of nitrogens with zero attached hydrogens (tertiary/aromatic N) is 2. The van der Waals surface area contributed by atoms with E-state index in [1.807, 2.05) is 0 Å². The van der Waals surface area contributed by atoms with Crippen molar-refractivity contribution >= 4 is 5.91 Å². The van der Waals surface area contributed by atoms with Crippen LogP contribution in [0.2, 0.25) is 0 Å². The Hall–Kier alpha value is -1.66. The number of likely N-dealkylation sites (tertiary alicyclic amines) is 2. The molecule has 2 N–H and O–H groups in total. The molecule has 2 fully saturated rings. The summed E-state index contributed by atoms with van der Waals surface area (Å²) in [7, 11) is 0. The maximum atomic E-state index is 12.3. The summed E-state index contributed by atoms with van der Waals surface area (Å²) in [6.45, 7) is 2.91. The Kier molecular flexibility index (Phi) is 3.58. The van der Waals surface area contributed by atoms with Crippen LogP contribution in [0.3, 0.4) is 0 Å². The van der Waals surface area contributed by atoms with Crippen LogP contribution in [-0.4, -0.2) is 64.1 Å². The topological polar surface area (TPSA) is 76.6 Å². The van der Waals surface area contributed by atoms with Crippen LogP contribution in [0.25, 0.3) is 0 Å². The van der Waals surface area contributed by atoms with E-state index in [9.17, 15) is 14.7 Å². The molecule has 1 aromatic rings. The number of aromatic nitrogens is 1. The predicted molar refractivity (Wildman–Crippen MR) is 73.6 cm³/mol. The van der Waals surface area contributed by atoms with E-state index >= 15 is 0 Å². The van der Waals surface area contributed by atoms with Crippen LogP contribution in [0.1, 0.15) is 23.3 Å².